The molecule has 0 radical (unpaired) electrons. The van der Waals surface area contributed by atoms with Crippen LogP contribution in [0.25, 0.3) is 0 Å². The molecule has 0 aliphatic heterocycles. The van der Waals surface area contributed by atoms with Crippen LogP contribution in [0.15, 0.2) is 60.7 Å². The number of hydrogen-bond donors (Lipinski definition) is 0. The van der Waals surface area contributed by atoms with E-state index in [1.54, 1.807) is 0 Å². The van der Waals surface area contributed by atoms with Gasteiger partial charge in [0, 0.05) is 0 Å². The van der Waals surface area contributed by atoms with E-state index in [0.29, 0.717) is 13.2 Å². The minimum Gasteiger partial charge on any atom is -0.372 e. The highest BCUT2D eigenvalue weighted by Gasteiger charge is 1.93. The predicted octanol–water partition coefficient (Wildman–Crippen LogP) is 5.60. The summed E-state index contributed by atoms with van der Waals surface area (Å²) >= 11 is 0. The predicted molar refractivity (Wildman–Crippen MR) is 86.6 cm³/mol. The molecule has 0 N–H and O–H groups in total. The Balaban J connectivity index is 0.000000347. The molecule has 20 heavy (non-hydrogen) atoms. The molecule has 0 aromatic heterocycles. The van der Waals surface area contributed by atoms with Crippen molar-refractivity contribution in [2.24, 2.45) is 0 Å². The molecule has 0 fully saturated rings. The van der Waals surface area contributed by atoms with Gasteiger partial charge in [-0.3, -0.25) is 0 Å². The lowest BCUT2D eigenvalue weighted by atomic mass is 10.2. The monoisotopic (exact) mass is 270 g/mol. The van der Waals surface area contributed by atoms with Crippen molar-refractivity contribution in [2.45, 2.75) is 46.3 Å². The van der Waals surface area contributed by atoms with Gasteiger partial charge in [0.05, 0.1) is 13.2 Å². The maximum absolute atomic E-state index is 5.61. The van der Waals surface area contributed by atoms with Crippen LogP contribution in [0.3, 0.4) is 0 Å². The lowest BCUT2D eigenvalue weighted by Crippen LogP contribution is -1.93. The van der Waals surface area contributed by atoms with Crippen LogP contribution in [0.4, 0.5) is 0 Å². The van der Waals surface area contributed by atoms with Crippen molar-refractivity contribution in [3.63, 3.8) is 0 Å². The van der Waals surface area contributed by atoms with Gasteiger partial charge in [-0.1, -0.05) is 93.8 Å². The first-order valence-corrected chi connectivity index (χ1v) is 7.52. The van der Waals surface area contributed by atoms with Gasteiger partial charge < -0.3 is 4.74 Å². The first-order valence-electron chi connectivity index (χ1n) is 7.52. The molecular formula is C19H26O. The zero-order chi connectivity index (χ0) is 14.5. The lowest BCUT2D eigenvalue weighted by Gasteiger charge is -2.03. The molecule has 108 valence electrons. The van der Waals surface area contributed by atoms with Gasteiger partial charge in [-0.2, -0.15) is 0 Å². The van der Waals surface area contributed by atoms with Gasteiger partial charge in [0.2, 0.25) is 0 Å². The van der Waals surface area contributed by atoms with Crippen molar-refractivity contribution in [1.29, 1.82) is 0 Å². The average molecular weight is 270 g/mol. The van der Waals surface area contributed by atoms with Crippen LogP contribution >= 0.6 is 0 Å². The van der Waals surface area contributed by atoms with Crippen LogP contribution < -0.4 is 0 Å². The summed E-state index contributed by atoms with van der Waals surface area (Å²) in [5, 5.41) is 0. The van der Waals surface area contributed by atoms with E-state index in [9.17, 15) is 0 Å². The fraction of sp³-hybridized carbons (Fsp3) is 0.368. The Morgan fingerprint density at radius 2 is 1.05 bits per heavy atom. The van der Waals surface area contributed by atoms with E-state index in [2.05, 4.69) is 38.1 Å². The first-order chi connectivity index (χ1) is 9.86. The Labute approximate surface area is 123 Å². The topological polar surface area (TPSA) is 9.23 Å². The SMILES string of the molecule is CCCCC.c1ccc(COCc2ccccc2)cc1. The molecule has 1 heteroatoms. The summed E-state index contributed by atoms with van der Waals surface area (Å²) in [6.07, 6.45) is 4.08. The highest BCUT2D eigenvalue weighted by atomic mass is 16.5. The molecule has 0 aliphatic carbocycles. The maximum Gasteiger partial charge on any atom is 0.0721 e. The van der Waals surface area contributed by atoms with Crippen molar-refractivity contribution in [1.82, 2.24) is 0 Å². The molecule has 2 aromatic rings. The largest absolute Gasteiger partial charge is 0.372 e. The molecule has 2 rings (SSSR count). The molecule has 1 nitrogen and oxygen atoms in total. The maximum atomic E-state index is 5.61. The van der Waals surface area contributed by atoms with E-state index in [1.165, 1.54) is 30.4 Å². The molecule has 0 bridgehead atoms. The Kier molecular flexibility index (Phi) is 9.25. The van der Waals surface area contributed by atoms with Gasteiger partial charge >= 0.3 is 0 Å². The summed E-state index contributed by atoms with van der Waals surface area (Å²) in [6, 6.07) is 20.4. The molecule has 0 saturated carbocycles. The Morgan fingerprint density at radius 1 is 0.650 bits per heavy atom. The molecule has 2 aromatic carbocycles. The van der Waals surface area contributed by atoms with E-state index in [-0.39, 0.29) is 0 Å². The summed E-state index contributed by atoms with van der Waals surface area (Å²) in [6.45, 7) is 5.78. The summed E-state index contributed by atoms with van der Waals surface area (Å²) in [7, 11) is 0. The Bertz CT molecular complexity index is 381. The van der Waals surface area contributed by atoms with Gasteiger partial charge in [0.1, 0.15) is 0 Å². The minimum atomic E-state index is 0.676. The fourth-order valence-electron chi connectivity index (χ4n) is 1.79. The van der Waals surface area contributed by atoms with E-state index in [4.69, 9.17) is 4.74 Å². The lowest BCUT2D eigenvalue weighted by molar-refractivity contribution is 0.107. The fourth-order valence-corrected chi connectivity index (χ4v) is 1.79. The molecule has 0 aliphatic rings. The smallest absolute Gasteiger partial charge is 0.0721 e. The summed E-state index contributed by atoms with van der Waals surface area (Å²) < 4.78 is 5.61. The van der Waals surface area contributed by atoms with Crippen molar-refractivity contribution in [3.8, 4) is 0 Å². The van der Waals surface area contributed by atoms with E-state index < -0.39 is 0 Å². The van der Waals surface area contributed by atoms with Crippen LogP contribution in [-0.2, 0) is 18.0 Å². The van der Waals surface area contributed by atoms with Gasteiger partial charge in [0.25, 0.3) is 0 Å². The van der Waals surface area contributed by atoms with Crippen molar-refractivity contribution >= 4 is 0 Å². The summed E-state index contributed by atoms with van der Waals surface area (Å²) in [4.78, 5) is 0. The van der Waals surface area contributed by atoms with Crippen LogP contribution in [0, 0.1) is 0 Å². The number of hydrogen-bond acceptors (Lipinski definition) is 1. The first kappa shape index (κ1) is 16.5. The highest BCUT2D eigenvalue weighted by Crippen LogP contribution is 2.05. The zero-order valence-electron chi connectivity index (χ0n) is 12.7. The third-order valence-electron chi connectivity index (χ3n) is 2.93. The molecule has 0 unspecified atom stereocenters. The van der Waals surface area contributed by atoms with E-state index in [0.717, 1.165) is 0 Å². The third kappa shape index (κ3) is 7.75. The second kappa shape index (κ2) is 11.2. The third-order valence-corrected chi connectivity index (χ3v) is 2.93. The second-order valence-corrected chi connectivity index (χ2v) is 4.82. The normalized spacial score (nSPS) is 9.70. The van der Waals surface area contributed by atoms with E-state index >= 15 is 0 Å². The van der Waals surface area contributed by atoms with Gasteiger partial charge in [-0.05, 0) is 11.1 Å². The van der Waals surface area contributed by atoms with Crippen molar-refractivity contribution in [3.05, 3.63) is 71.8 Å². The average Bonchev–Trinajstić information content (AvgIpc) is 2.51. The molecule has 0 amide bonds. The number of benzene rings is 2. The second-order valence-electron chi connectivity index (χ2n) is 4.82. The zero-order valence-corrected chi connectivity index (χ0v) is 12.7. The molecule has 0 heterocycles. The molecule has 0 atom stereocenters. The molecule has 0 saturated heterocycles. The van der Waals surface area contributed by atoms with Crippen LogP contribution in [0.5, 0.6) is 0 Å². The number of unbranched alkanes of at least 4 members (excludes halogenated alkanes) is 2. The Morgan fingerprint density at radius 3 is 1.35 bits per heavy atom. The molecule has 0 spiro atoms. The van der Waals surface area contributed by atoms with Gasteiger partial charge in [-0.15, -0.1) is 0 Å². The highest BCUT2D eigenvalue weighted by molar-refractivity contribution is 5.15. The summed E-state index contributed by atoms with van der Waals surface area (Å²) in [5.41, 5.74) is 2.43. The number of rotatable bonds is 6. The Hall–Kier alpha value is -1.60. The van der Waals surface area contributed by atoms with Gasteiger partial charge in [0.15, 0.2) is 0 Å². The van der Waals surface area contributed by atoms with E-state index in [1.807, 2.05) is 36.4 Å². The standard InChI is InChI=1S/C14H14O.C5H12/c1-3-7-13(8-4-1)11-15-12-14-9-5-2-6-10-14;1-3-5-4-2/h1-10H,11-12H2;3-5H2,1-2H3. The quantitative estimate of drug-likeness (QED) is 0.664. The van der Waals surface area contributed by atoms with Crippen molar-refractivity contribution < 1.29 is 4.74 Å². The number of ether oxygens (including phenoxy) is 1. The molecular weight excluding hydrogens is 244 g/mol. The van der Waals surface area contributed by atoms with Crippen LogP contribution in [0.2, 0.25) is 0 Å². The van der Waals surface area contributed by atoms with Gasteiger partial charge in [-0.25, -0.2) is 0 Å². The van der Waals surface area contributed by atoms with Crippen LogP contribution in [0.1, 0.15) is 44.2 Å². The minimum absolute atomic E-state index is 0.676. The van der Waals surface area contributed by atoms with Crippen molar-refractivity contribution in [2.75, 3.05) is 0 Å². The van der Waals surface area contributed by atoms with Crippen LogP contribution in [-0.4, -0.2) is 0 Å². The summed E-state index contributed by atoms with van der Waals surface area (Å²) in [5.74, 6) is 0.